The smallest absolute Gasteiger partial charge is 0.225 e. The summed E-state index contributed by atoms with van der Waals surface area (Å²) in [5.41, 5.74) is 0. The quantitative estimate of drug-likeness (QED) is 0.680. The summed E-state index contributed by atoms with van der Waals surface area (Å²) in [6.45, 7) is 6.15. The predicted octanol–water partition coefficient (Wildman–Crippen LogP) is 0.720. The summed E-state index contributed by atoms with van der Waals surface area (Å²) in [7, 11) is 0. The number of amides is 1. The average molecular weight is 238 g/mol. The SMILES string of the molecule is O=C(C1CCN(C[C@@H]2CO2)CC1)N1CCCC1. The fourth-order valence-electron chi connectivity index (χ4n) is 3.02. The molecule has 3 saturated heterocycles. The molecule has 3 aliphatic rings. The van der Waals surface area contributed by atoms with E-state index in [9.17, 15) is 4.79 Å². The fraction of sp³-hybridized carbons (Fsp3) is 0.923. The summed E-state index contributed by atoms with van der Waals surface area (Å²) >= 11 is 0. The van der Waals surface area contributed by atoms with Gasteiger partial charge in [0.25, 0.3) is 0 Å². The molecular formula is C13H22N2O2. The lowest BCUT2D eigenvalue weighted by Gasteiger charge is -2.32. The second-order valence-electron chi connectivity index (χ2n) is 5.56. The molecule has 0 aliphatic carbocycles. The number of rotatable bonds is 3. The first-order valence-electron chi connectivity index (χ1n) is 6.95. The van der Waals surface area contributed by atoms with Gasteiger partial charge in [-0.3, -0.25) is 4.79 Å². The van der Waals surface area contributed by atoms with E-state index in [0.29, 0.717) is 17.9 Å². The van der Waals surface area contributed by atoms with Crippen LogP contribution < -0.4 is 0 Å². The van der Waals surface area contributed by atoms with E-state index in [4.69, 9.17) is 4.74 Å². The fourth-order valence-corrected chi connectivity index (χ4v) is 3.02. The van der Waals surface area contributed by atoms with Crippen LogP contribution in [0.3, 0.4) is 0 Å². The number of hydrogen-bond donors (Lipinski definition) is 0. The molecule has 0 N–H and O–H groups in total. The second-order valence-corrected chi connectivity index (χ2v) is 5.56. The van der Waals surface area contributed by atoms with Crippen molar-refractivity contribution in [2.24, 2.45) is 5.92 Å². The maximum absolute atomic E-state index is 12.2. The van der Waals surface area contributed by atoms with Crippen molar-refractivity contribution < 1.29 is 9.53 Å². The normalized spacial score (nSPS) is 30.8. The predicted molar refractivity (Wildman–Crippen MR) is 64.7 cm³/mol. The van der Waals surface area contributed by atoms with Crippen molar-refractivity contribution in [2.75, 3.05) is 39.3 Å². The van der Waals surface area contributed by atoms with Crippen LogP contribution in [0.15, 0.2) is 0 Å². The first-order valence-corrected chi connectivity index (χ1v) is 6.95. The number of carbonyl (C=O) groups is 1. The molecule has 0 aromatic carbocycles. The molecule has 1 amide bonds. The molecule has 4 heteroatoms. The van der Waals surface area contributed by atoms with E-state index in [0.717, 1.165) is 52.2 Å². The maximum atomic E-state index is 12.2. The van der Waals surface area contributed by atoms with Gasteiger partial charge in [0, 0.05) is 25.6 Å². The minimum Gasteiger partial charge on any atom is -0.372 e. The Labute approximate surface area is 103 Å². The van der Waals surface area contributed by atoms with Gasteiger partial charge in [-0.1, -0.05) is 0 Å². The van der Waals surface area contributed by atoms with Crippen LogP contribution in [-0.4, -0.2) is 61.1 Å². The van der Waals surface area contributed by atoms with Crippen molar-refractivity contribution >= 4 is 5.91 Å². The Balaban J connectivity index is 1.44. The monoisotopic (exact) mass is 238 g/mol. The number of epoxide rings is 1. The van der Waals surface area contributed by atoms with Gasteiger partial charge < -0.3 is 14.5 Å². The van der Waals surface area contributed by atoms with Crippen LogP contribution in [0.1, 0.15) is 25.7 Å². The number of ether oxygens (including phenoxy) is 1. The number of hydrogen-bond acceptors (Lipinski definition) is 3. The van der Waals surface area contributed by atoms with E-state index >= 15 is 0 Å². The average Bonchev–Trinajstić information content (AvgIpc) is 3.00. The van der Waals surface area contributed by atoms with Crippen LogP contribution in [0.2, 0.25) is 0 Å². The lowest BCUT2D eigenvalue weighted by atomic mass is 9.95. The number of carbonyl (C=O) groups excluding carboxylic acids is 1. The molecule has 3 aliphatic heterocycles. The Morgan fingerprint density at radius 2 is 1.76 bits per heavy atom. The van der Waals surface area contributed by atoms with Crippen LogP contribution in [0.25, 0.3) is 0 Å². The van der Waals surface area contributed by atoms with Gasteiger partial charge in [-0.2, -0.15) is 0 Å². The first-order chi connectivity index (χ1) is 8.33. The van der Waals surface area contributed by atoms with E-state index in [2.05, 4.69) is 9.80 Å². The summed E-state index contributed by atoms with van der Waals surface area (Å²) in [5, 5.41) is 0. The number of piperidine rings is 1. The molecule has 0 saturated carbocycles. The van der Waals surface area contributed by atoms with Gasteiger partial charge in [0.15, 0.2) is 0 Å². The minimum atomic E-state index is 0.296. The molecule has 0 aromatic rings. The summed E-state index contributed by atoms with van der Waals surface area (Å²) < 4.78 is 5.25. The largest absolute Gasteiger partial charge is 0.372 e. The topological polar surface area (TPSA) is 36.1 Å². The van der Waals surface area contributed by atoms with Crippen molar-refractivity contribution in [3.05, 3.63) is 0 Å². The van der Waals surface area contributed by atoms with Gasteiger partial charge in [0.05, 0.1) is 12.7 Å². The van der Waals surface area contributed by atoms with E-state index in [1.54, 1.807) is 0 Å². The van der Waals surface area contributed by atoms with Gasteiger partial charge in [0.1, 0.15) is 0 Å². The number of likely N-dealkylation sites (tertiary alicyclic amines) is 2. The Kier molecular flexibility index (Phi) is 3.34. The van der Waals surface area contributed by atoms with Crippen molar-refractivity contribution in [1.29, 1.82) is 0 Å². The van der Waals surface area contributed by atoms with Gasteiger partial charge in [0.2, 0.25) is 5.91 Å². The molecule has 0 radical (unpaired) electrons. The van der Waals surface area contributed by atoms with Crippen LogP contribution >= 0.6 is 0 Å². The highest BCUT2D eigenvalue weighted by molar-refractivity contribution is 5.79. The Hall–Kier alpha value is -0.610. The maximum Gasteiger partial charge on any atom is 0.225 e. The van der Waals surface area contributed by atoms with Crippen molar-refractivity contribution in [1.82, 2.24) is 9.80 Å². The molecule has 0 unspecified atom stereocenters. The Morgan fingerprint density at radius 1 is 1.12 bits per heavy atom. The zero-order chi connectivity index (χ0) is 11.7. The lowest BCUT2D eigenvalue weighted by molar-refractivity contribution is -0.135. The molecule has 0 bridgehead atoms. The molecule has 96 valence electrons. The first kappa shape index (κ1) is 11.5. The summed E-state index contributed by atoms with van der Waals surface area (Å²) in [4.78, 5) is 16.7. The highest BCUT2D eigenvalue weighted by atomic mass is 16.6. The van der Waals surface area contributed by atoms with E-state index in [-0.39, 0.29) is 0 Å². The van der Waals surface area contributed by atoms with Gasteiger partial charge >= 0.3 is 0 Å². The van der Waals surface area contributed by atoms with Gasteiger partial charge in [-0.25, -0.2) is 0 Å². The third-order valence-corrected chi connectivity index (χ3v) is 4.22. The molecule has 3 rings (SSSR count). The van der Waals surface area contributed by atoms with Crippen molar-refractivity contribution in [3.63, 3.8) is 0 Å². The van der Waals surface area contributed by atoms with E-state index in [1.807, 2.05) is 0 Å². The third-order valence-electron chi connectivity index (χ3n) is 4.22. The summed E-state index contributed by atoms with van der Waals surface area (Å²) in [6, 6.07) is 0. The standard InChI is InChI=1S/C13H22N2O2/c16-13(15-5-1-2-6-15)11-3-7-14(8-4-11)9-12-10-17-12/h11-12H,1-10H2/t12-/m1/s1. The Morgan fingerprint density at radius 3 is 2.35 bits per heavy atom. The molecule has 3 heterocycles. The van der Waals surface area contributed by atoms with Crippen molar-refractivity contribution in [2.45, 2.75) is 31.8 Å². The zero-order valence-corrected chi connectivity index (χ0v) is 10.4. The molecular weight excluding hydrogens is 216 g/mol. The highest BCUT2D eigenvalue weighted by Crippen LogP contribution is 2.23. The molecule has 3 fully saturated rings. The Bertz CT molecular complexity index is 277. The minimum absolute atomic E-state index is 0.296. The molecule has 0 aromatic heterocycles. The molecule has 0 spiro atoms. The summed E-state index contributed by atoms with van der Waals surface area (Å²) in [5.74, 6) is 0.717. The van der Waals surface area contributed by atoms with E-state index in [1.165, 1.54) is 12.8 Å². The van der Waals surface area contributed by atoms with Crippen LogP contribution in [0.4, 0.5) is 0 Å². The van der Waals surface area contributed by atoms with E-state index < -0.39 is 0 Å². The van der Waals surface area contributed by atoms with Crippen molar-refractivity contribution in [3.8, 4) is 0 Å². The molecule has 1 atom stereocenters. The van der Waals surface area contributed by atoms with Crippen LogP contribution in [-0.2, 0) is 9.53 Å². The van der Waals surface area contributed by atoms with Gasteiger partial charge in [-0.05, 0) is 38.8 Å². The molecule has 4 nitrogen and oxygen atoms in total. The van der Waals surface area contributed by atoms with Crippen LogP contribution in [0, 0.1) is 5.92 Å². The zero-order valence-electron chi connectivity index (χ0n) is 10.4. The number of nitrogens with zero attached hydrogens (tertiary/aromatic N) is 2. The summed E-state index contributed by atoms with van der Waals surface area (Å²) in [6.07, 6.45) is 4.97. The third kappa shape index (κ3) is 2.80. The highest BCUT2D eigenvalue weighted by Gasteiger charge is 2.32. The van der Waals surface area contributed by atoms with Gasteiger partial charge in [-0.15, -0.1) is 0 Å². The molecule has 17 heavy (non-hydrogen) atoms. The van der Waals surface area contributed by atoms with Crippen LogP contribution in [0.5, 0.6) is 0 Å². The second kappa shape index (κ2) is 4.94. The lowest BCUT2D eigenvalue weighted by Crippen LogP contribution is -2.42.